The second-order valence-corrected chi connectivity index (χ2v) is 6.25. The molecule has 3 aromatic rings. The lowest BCUT2D eigenvalue weighted by Crippen LogP contribution is -2.36. The number of benzene rings is 2. The van der Waals surface area contributed by atoms with Gasteiger partial charge in [-0.05, 0) is 24.3 Å². The summed E-state index contributed by atoms with van der Waals surface area (Å²) in [6, 6.07) is 13.2. The third kappa shape index (κ3) is 4.01. The molecule has 4 rings (SSSR count). The second-order valence-electron chi connectivity index (χ2n) is 6.25. The molecule has 28 heavy (non-hydrogen) atoms. The van der Waals surface area contributed by atoms with Gasteiger partial charge in [0.2, 0.25) is 0 Å². The molecule has 0 radical (unpaired) electrons. The molecule has 0 spiro atoms. The molecule has 1 saturated heterocycles. The number of nitrogens with zero attached hydrogens (tertiary/aromatic N) is 3. The highest BCUT2D eigenvalue weighted by molar-refractivity contribution is 5.75. The smallest absolute Gasteiger partial charge is 0.149 e. The summed E-state index contributed by atoms with van der Waals surface area (Å²) in [6.07, 6.45) is 1.33. The minimum Gasteiger partial charge on any atom is -0.378 e. The Balaban J connectivity index is 1.56. The summed E-state index contributed by atoms with van der Waals surface area (Å²) in [5, 5.41) is 5.94. The van der Waals surface area contributed by atoms with Crippen molar-refractivity contribution < 1.29 is 13.5 Å². The predicted octanol–water partition coefficient (Wildman–Crippen LogP) is 4.08. The number of aromatic nitrogens is 2. The van der Waals surface area contributed by atoms with E-state index in [9.17, 15) is 8.78 Å². The predicted molar refractivity (Wildman–Crippen MR) is 104 cm³/mol. The Hall–Kier alpha value is -3.26. The Labute approximate surface area is 161 Å². The van der Waals surface area contributed by atoms with Crippen LogP contribution in [0.25, 0.3) is 0 Å². The molecular weight excluding hydrogens is 364 g/mol. The van der Waals surface area contributed by atoms with E-state index < -0.39 is 11.6 Å². The molecule has 2 aromatic carbocycles. The number of morpholine rings is 1. The first-order valence-corrected chi connectivity index (χ1v) is 8.92. The van der Waals surface area contributed by atoms with Gasteiger partial charge in [-0.15, -0.1) is 0 Å². The number of halogens is 2. The van der Waals surface area contributed by atoms with Crippen molar-refractivity contribution in [1.82, 2.24) is 9.97 Å². The van der Waals surface area contributed by atoms with E-state index >= 15 is 0 Å². The summed E-state index contributed by atoms with van der Waals surface area (Å²) in [7, 11) is 0. The van der Waals surface area contributed by atoms with Crippen molar-refractivity contribution in [2.24, 2.45) is 0 Å². The molecule has 0 saturated carbocycles. The lowest BCUT2D eigenvalue weighted by atomic mass is 10.2. The Bertz CT molecular complexity index is 943. The van der Waals surface area contributed by atoms with Crippen LogP contribution in [-0.4, -0.2) is 36.3 Å². The van der Waals surface area contributed by atoms with E-state index in [2.05, 4.69) is 25.5 Å². The quantitative estimate of drug-likeness (QED) is 0.692. The van der Waals surface area contributed by atoms with E-state index in [-0.39, 0.29) is 11.5 Å². The fraction of sp³-hybridized carbons (Fsp3) is 0.200. The Morgan fingerprint density at radius 3 is 2.29 bits per heavy atom. The second kappa shape index (κ2) is 8.18. The van der Waals surface area contributed by atoms with Crippen LogP contribution < -0.4 is 15.5 Å². The van der Waals surface area contributed by atoms with Gasteiger partial charge in [-0.3, -0.25) is 0 Å². The van der Waals surface area contributed by atoms with Gasteiger partial charge in [-0.1, -0.05) is 18.2 Å². The maximum Gasteiger partial charge on any atom is 0.149 e. The fourth-order valence-electron chi connectivity index (χ4n) is 3.04. The van der Waals surface area contributed by atoms with Gasteiger partial charge in [0.1, 0.15) is 35.3 Å². The van der Waals surface area contributed by atoms with Gasteiger partial charge in [-0.2, -0.15) is 0 Å². The number of ether oxygens (including phenoxy) is 1. The van der Waals surface area contributed by atoms with Crippen molar-refractivity contribution >= 4 is 28.7 Å². The van der Waals surface area contributed by atoms with Gasteiger partial charge in [0.25, 0.3) is 0 Å². The van der Waals surface area contributed by atoms with Crippen LogP contribution in [0.5, 0.6) is 0 Å². The zero-order valence-corrected chi connectivity index (χ0v) is 15.0. The number of nitrogens with one attached hydrogen (secondary N) is 2. The van der Waals surface area contributed by atoms with Gasteiger partial charge < -0.3 is 20.3 Å². The van der Waals surface area contributed by atoms with Gasteiger partial charge in [0.15, 0.2) is 0 Å². The molecule has 1 aliphatic rings. The maximum atomic E-state index is 13.9. The largest absolute Gasteiger partial charge is 0.378 e. The number of anilines is 5. The number of rotatable bonds is 5. The molecule has 0 bridgehead atoms. The Kier molecular flexibility index (Phi) is 5.29. The van der Waals surface area contributed by atoms with E-state index in [0.717, 1.165) is 24.5 Å². The third-order valence-electron chi connectivity index (χ3n) is 4.40. The average Bonchev–Trinajstić information content (AvgIpc) is 2.72. The summed E-state index contributed by atoms with van der Waals surface area (Å²) in [5.41, 5.74) is 1.67. The van der Waals surface area contributed by atoms with E-state index in [0.29, 0.717) is 19.0 Å². The number of hydrogen-bond acceptors (Lipinski definition) is 6. The van der Waals surface area contributed by atoms with Crippen LogP contribution in [0.4, 0.5) is 37.5 Å². The van der Waals surface area contributed by atoms with Crippen LogP contribution in [0, 0.1) is 11.6 Å². The van der Waals surface area contributed by atoms with Crippen LogP contribution in [0.15, 0.2) is 54.9 Å². The van der Waals surface area contributed by atoms with Crippen LogP contribution in [0.3, 0.4) is 0 Å². The van der Waals surface area contributed by atoms with Gasteiger partial charge in [-0.25, -0.2) is 18.7 Å². The molecule has 0 unspecified atom stereocenters. The highest BCUT2D eigenvalue weighted by atomic mass is 19.1. The van der Waals surface area contributed by atoms with E-state index in [4.69, 9.17) is 4.74 Å². The zero-order chi connectivity index (χ0) is 19.3. The van der Waals surface area contributed by atoms with Gasteiger partial charge in [0, 0.05) is 19.2 Å². The van der Waals surface area contributed by atoms with E-state index in [1.807, 2.05) is 24.3 Å². The molecule has 0 amide bonds. The summed E-state index contributed by atoms with van der Waals surface area (Å²) >= 11 is 0. The molecular formula is C20H19F2N5O. The summed E-state index contributed by atoms with van der Waals surface area (Å²) < 4.78 is 33.1. The number of para-hydroxylation sites is 3. The fourth-order valence-corrected chi connectivity index (χ4v) is 3.04. The van der Waals surface area contributed by atoms with Gasteiger partial charge in [0.05, 0.1) is 24.6 Å². The first kappa shape index (κ1) is 18.1. The maximum absolute atomic E-state index is 13.9. The van der Waals surface area contributed by atoms with Crippen LogP contribution in [-0.2, 0) is 4.74 Å². The highest BCUT2D eigenvalue weighted by Crippen LogP contribution is 2.29. The monoisotopic (exact) mass is 383 g/mol. The highest BCUT2D eigenvalue weighted by Gasteiger charge is 2.15. The molecule has 0 aliphatic carbocycles. The molecule has 144 valence electrons. The topological polar surface area (TPSA) is 62.3 Å². The molecule has 1 aliphatic heterocycles. The molecule has 6 nitrogen and oxygen atoms in total. The lowest BCUT2D eigenvalue weighted by molar-refractivity contribution is 0.123. The van der Waals surface area contributed by atoms with Crippen LogP contribution in [0.1, 0.15) is 0 Å². The molecule has 8 heteroatoms. The van der Waals surface area contributed by atoms with E-state index in [1.165, 1.54) is 24.5 Å². The Morgan fingerprint density at radius 2 is 1.54 bits per heavy atom. The van der Waals surface area contributed by atoms with Crippen molar-refractivity contribution in [3.8, 4) is 0 Å². The van der Waals surface area contributed by atoms with E-state index in [1.54, 1.807) is 6.07 Å². The average molecular weight is 383 g/mol. The summed E-state index contributed by atoms with van der Waals surface area (Å²) in [6.45, 7) is 2.98. The molecule has 2 N–H and O–H groups in total. The Morgan fingerprint density at radius 1 is 0.857 bits per heavy atom. The first-order chi connectivity index (χ1) is 13.7. The molecule has 2 heterocycles. The SMILES string of the molecule is Fc1cccc(F)c1Nc1cc(Nc2ccccc2N2CCOCC2)ncn1. The van der Waals surface area contributed by atoms with Crippen LogP contribution in [0.2, 0.25) is 0 Å². The first-order valence-electron chi connectivity index (χ1n) is 8.92. The van der Waals surface area contributed by atoms with Crippen molar-refractivity contribution in [2.45, 2.75) is 0 Å². The van der Waals surface area contributed by atoms with Crippen molar-refractivity contribution in [3.05, 3.63) is 66.5 Å². The summed E-state index contributed by atoms with van der Waals surface area (Å²) in [4.78, 5) is 10.5. The number of hydrogen-bond donors (Lipinski definition) is 2. The van der Waals surface area contributed by atoms with Crippen molar-refractivity contribution in [2.75, 3.05) is 41.8 Å². The molecule has 0 atom stereocenters. The lowest BCUT2D eigenvalue weighted by Gasteiger charge is -2.30. The minimum atomic E-state index is -0.689. The standard InChI is InChI=1S/C20H19F2N5O/c21-14-4-3-5-15(22)20(14)26-19-12-18(23-13-24-19)25-16-6-1-2-7-17(16)27-8-10-28-11-9-27/h1-7,12-13H,8-11H2,(H2,23,24,25,26). The van der Waals surface area contributed by atoms with Crippen molar-refractivity contribution in [1.29, 1.82) is 0 Å². The summed E-state index contributed by atoms with van der Waals surface area (Å²) in [5.74, 6) is -0.586. The van der Waals surface area contributed by atoms with Gasteiger partial charge >= 0.3 is 0 Å². The van der Waals surface area contributed by atoms with Crippen molar-refractivity contribution in [3.63, 3.8) is 0 Å². The van der Waals surface area contributed by atoms with Crippen LogP contribution >= 0.6 is 0 Å². The zero-order valence-electron chi connectivity index (χ0n) is 15.0. The molecule has 1 fully saturated rings. The molecule has 1 aromatic heterocycles. The third-order valence-corrected chi connectivity index (χ3v) is 4.40. The minimum absolute atomic E-state index is 0.249. The normalized spacial score (nSPS) is 14.0.